The summed E-state index contributed by atoms with van der Waals surface area (Å²) in [5, 5.41) is 8.03. The number of ether oxygens (including phenoxy) is 2. The first-order valence-electron chi connectivity index (χ1n) is 10.4. The van der Waals surface area contributed by atoms with Gasteiger partial charge >= 0.3 is 0 Å². The summed E-state index contributed by atoms with van der Waals surface area (Å²) in [4.78, 5) is 18.7. The van der Waals surface area contributed by atoms with E-state index in [4.69, 9.17) is 21.1 Å². The van der Waals surface area contributed by atoms with E-state index >= 15 is 0 Å². The molecule has 0 spiro atoms. The number of carbonyl (C=O) groups is 1. The molecule has 1 unspecified atom stereocenters. The Morgan fingerprint density at radius 1 is 1.39 bits per heavy atom. The number of aromatic amines is 1. The maximum atomic E-state index is 12.7. The van der Waals surface area contributed by atoms with Crippen LogP contribution < -0.4 is 4.74 Å². The molecule has 9 heteroatoms. The monoisotopic (exact) mass is 443 g/mol. The molecule has 1 N–H and O–H groups in total. The van der Waals surface area contributed by atoms with E-state index < -0.39 is 0 Å². The molecule has 1 amide bonds. The van der Waals surface area contributed by atoms with Crippen LogP contribution in [0.25, 0.3) is 0 Å². The number of benzene rings is 1. The predicted octanol–water partition coefficient (Wildman–Crippen LogP) is 3.18. The van der Waals surface area contributed by atoms with E-state index in [1.165, 1.54) is 0 Å². The van der Waals surface area contributed by atoms with Crippen LogP contribution in [0.3, 0.4) is 0 Å². The van der Waals surface area contributed by atoms with Gasteiger partial charge in [0.1, 0.15) is 17.7 Å². The minimum atomic E-state index is -0.234. The van der Waals surface area contributed by atoms with Gasteiger partial charge in [0.25, 0.3) is 0 Å². The van der Waals surface area contributed by atoms with Crippen molar-refractivity contribution in [1.29, 1.82) is 0 Å². The molecule has 31 heavy (non-hydrogen) atoms. The fourth-order valence-corrected chi connectivity index (χ4v) is 3.76. The van der Waals surface area contributed by atoms with Gasteiger partial charge in [-0.15, -0.1) is 0 Å². The van der Waals surface area contributed by atoms with Gasteiger partial charge in [0.2, 0.25) is 5.91 Å². The number of nitrogens with one attached hydrogen (secondary N) is 1. The van der Waals surface area contributed by atoms with Crippen LogP contribution in [0.4, 0.5) is 0 Å². The number of carbonyl (C=O) groups excluding carboxylic acids is 1. The van der Waals surface area contributed by atoms with Gasteiger partial charge in [-0.1, -0.05) is 23.7 Å². The van der Waals surface area contributed by atoms with E-state index in [0.29, 0.717) is 56.5 Å². The van der Waals surface area contributed by atoms with Gasteiger partial charge in [0.05, 0.1) is 30.5 Å². The predicted molar refractivity (Wildman–Crippen MR) is 116 cm³/mol. The summed E-state index contributed by atoms with van der Waals surface area (Å²) in [5.41, 5.74) is 1.75. The van der Waals surface area contributed by atoms with Crippen molar-refractivity contribution < 1.29 is 14.3 Å². The quantitative estimate of drug-likeness (QED) is 0.578. The molecule has 1 aliphatic rings. The number of hydrogen-bond acceptors (Lipinski definition) is 5. The van der Waals surface area contributed by atoms with Crippen LogP contribution in [0.2, 0.25) is 5.02 Å². The van der Waals surface area contributed by atoms with Crippen LogP contribution in [0, 0.1) is 6.92 Å². The molecule has 1 aliphatic heterocycles. The summed E-state index contributed by atoms with van der Waals surface area (Å²) in [6.07, 6.45) is 4.51. The van der Waals surface area contributed by atoms with Gasteiger partial charge in [0.15, 0.2) is 0 Å². The molecule has 1 atom stereocenters. The molecule has 3 heterocycles. The second-order valence-electron chi connectivity index (χ2n) is 7.46. The number of para-hydroxylation sites is 1. The smallest absolute Gasteiger partial charge is 0.224 e. The van der Waals surface area contributed by atoms with Crippen molar-refractivity contribution in [2.24, 2.45) is 0 Å². The lowest BCUT2D eigenvalue weighted by Gasteiger charge is -2.32. The van der Waals surface area contributed by atoms with Gasteiger partial charge in [-0.2, -0.15) is 5.10 Å². The van der Waals surface area contributed by atoms with Gasteiger partial charge in [-0.05, 0) is 25.1 Å². The molecule has 0 aliphatic carbocycles. The number of aryl methyl sites for hydroxylation is 2. The van der Waals surface area contributed by atoms with Crippen LogP contribution in [0.5, 0.6) is 5.75 Å². The topological polar surface area (TPSA) is 85.3 Å². The Bertz CT molecular complexity index is 1020. The molecule has 4 rings (SSSR count). The highest BCUT2D eigenvalue weighted by atomic mass is 35.5. The van der Waals surface area contributed by atoms with E-state index in [-0.39, 0.29) is 12.0 Å². The molecule has 3 aromatic rings. The summed E-state index contributed by atoms with van der Waals surface area (Å²) >= 11 is 6.11. The zero-order valence-electron chi connectivity index (χ0n) is 17.5. The summed E-state index contributed by atoms with van der Waals surface area (Å²) in [5.74, 6) is 1.69. The van der Waals surface area contributed by atoms with Crippen molar-refractivity contribution >= 4 is 17.5 Å². The SMILES string of the molecule is Cc1nccn1CCC(=O)N1CCOC(c2cc(CCOc3ccccc3Cl)[nH]n2)C1. The minimum absolute atomic E-state index is 0.116. The zero-order valence-corrected chi connectivity index (χ0v) is 18.2. The summed E-state index contributed by atoms with van der Waals surface area (Å²) in [7, 11) is 0. The van der Waals surface area contributed by atoms with Crippen molar-refractivity contribution in [3.63, 3.8) is 0 Å². The third-order valence-electron chi connectivity index (χ3n) is 5.36. The number of rotatable bonds is 8. The Morgan fingerprint density at radius 3 is 3.06 bits per heavy atom. The molecular weight excluding hydrogens is 418 g/mol. The van der Waals surface area contributed by atoms with Crippen molar-refractivity contribution in [2.75, 3.05) is 26.3 Å². The molecule has 0 bridgehead atoms. The van der Waals surface area contributed by atoms with Crippen LogP contribution in [0.1, 0.15) is 29.7 Å². The van der Waals surface area contributed by atoms with Crippen LogP contribution >= 0.6 is 11.6 Å². The fraction of sp³-hybridized carbons (Fsp3) is 0.409. The van der Waals surface area contributed by atoms with E-state index in [9.17, 15) is 4.79 Å². The largest absolute Gasteiger partial charge is 0.492 e. The Labute approximate surface area is 186 Å². The highest BCUT2D eigenvalue weighted by Gasteiger charge is 2.27. The summed E-state index contributed by atoms with van der Waals surface area (Å²) in [6, 6.07) is 9.38. The third kappa shape index (κ3) is 5.45. The van der Waals surface area contributed by atoms with Crippen LogP contribution in [-0.2, 0) is 22.5 Å². The minimum Gasteiger partial charge on any atom is -0.492 e. The highest BCUT2D eigenvalue weighted by Crippen LogP contribution is 2.24. The molecule has 8 nitrogen and oxygen atoms in total. The van der Waals surface area contributed by atoms with E-state index in [1.807, 2.05) is 46.9 Å². The van der Waals surface area contributed by atoms with Crippen molar-refractivity contribution in [1.82, 2.24) is 24.6 Å². The average Bonchev–Trinajstić information content (AvgIpc) is 3.42. The Hall–Kier alpha value is -2.84. The number of amides is 1. The summed E-state index contributed by atoms with van der Waals surface area (Å²) in [6.45, 7) is 4.64. The van der Waals surface area contributed by atoms with Crippen LogP contribution in [0.15, 0.2) is 42.7 Å². The van der Waals surface area contributed by atoms with E-state index in [2.05, 4.69) is 15.2 Å². The lowest BCUT2D eigenvalue weighted by molar-refractivity contribution is -0.139. The second-order valence-corrected chi connectivity index (χ2v) is 7.87. The standard InChI is InChI=1S/C22H26ClN5O3/c1-16-24-8-10-27(16)9-6-22(29)28-11-13-31-21(15-28)19-14-17(25-26-19)7-12-30-20-5-3-2-4-18(20)23/h2-5,8,10,14,21H,6-7,9,11-13,15H2,1H3,(H,25,26). The van der Waals surface area contributed by atoms with E-state index in [0.717, 1.165) is 17.2 Å². The van der Waals surface area contributed by atoms with Gasteiger partial charge < -0.3 is 18.9 Å². The molecule has 164 valence electrons. The fourth-order valence-electron chi connectivity index (χ4n) is 3.57. The lowest BCUT2D eigenvalue weighted by atomic mass is 10.1. The van der Waals surface area contributed by atoms with Gasteiger partial charge in [0, 0.05) is 44.0 Å². The molecule has 1 aromatic carbocycles. The van der Waals surface area contributed by atoms with Crippen molar-refractivity contribution in [3.8, 4) is 5.75 Å². The number of imidazole rings is 1. The normalized spacial score (nSPS) is 16.5. The number of nitrogens with zero attached hydrogens (tertiary/aromatic N) is 4. The molecule has 1 fully saturated rings. The number of aromatic nitrogens is 4. The molecule has 2 aromatic heterocycles. The second kappa shape index (κ2) is 9.98. The van der Waals surface area contributed by atoms with Crippen molar-refractivity contribution in [2.45, 2.75) is 32.4 Å². The summed E-state index contributed by atoms with van der Waals surface area (Å²) < 4.78 is 13.6. The van der Waals surface area contributed by atoms with Gasteiger partial charge in [-0.25, -0.2) is 4.98 Å². The molecule has 0 saturated carbocycles. The first kappa shape index (κ1) is 21.4. The van der Waals surface area contributed by atoms with Gasteiger partial charge in [-0.3, -0.25) is 9.89 Å². The van der Waals surface area contributed by atoms with Crippen molar-refractivity contribution in [3.05, 3.63) is 65.0 Å². The average molecular weight is 444 g/mol. The first-order valence-corrected chi connectivity index (χ1v) is 10.8. The number of halogens is 1. The highest BCUT2D eigenvalue weighted by molar-refractivity contribution is 6.32. The van der Waals surface area contributed by atoms with Crippen LogP contribution in [-0.4, -0.2) is 56.9 Å². The Morgan fingerprint density at radius 2 is 2.26 bits per heavy atom. The van der Waals surface area contributed by atoms with E-state index in [1.54, 1.807) is 12.3 Å². The third-order valence-corrected chi connectivity index (χ3v) is 5.67. The number of hydrogen-bond donors (Lipinski definition) is 1. The molecule has 0 radical (unpaired) electrons. The first-order chi connectivity index (χ1) is 15.1. The number of H-pyrrole nitrogens is 1. The molecular formula is C22H26ClN5O3. The maximum Gasteiger partial charge on any atom is 0.224 e. The maximum absolute atomic E-state index is 12.7. The zero-order chi connectivity index (χ0) is 21.6. The number of morpholine rings is 1. The molecule has 1 saturated heterocycles. The Balaban J connectivity index is 1.27. The Kier molecular flexibility index (Phi) is 6.89. The lowest BCUT2D eigenvalue weighted by Crippen LogP contribution is -2.42.